The van der Waals surface area contributed by atoms with Gasteiger partial charge in [0.05, 0.1) is 68.5 Å². The number of hydrazine groups is 1. The van der Waals surface area contributed by atoms with Crippen molar-refractivity contribution >= 4 is 34.4 Å². The lowest BCUT2D eigenvalue weighted by Crippen LogP contribution is -2.74. The number of hydrogen-bond donors (Lipinski definition) is 2. The maximum absolute atomic E-state index is 15.4. The number of methoxy groups -OCH3 is 1. The van der Waals surface area contributed by atoms with Crippen LogP contribution in [0, 0.1) is 22.7 Å². The van der Waals surface area contributed by atoms with Crippen LogP contribution in [-0.2, 0) is 55.8 Å². The molecule has 408 valence electrons. The zero-order valence-electron chi connectivity index (χ0n) is 44.8. The van der Waals surface area contributed by atoms with E-state index in [1.807, 2.05) is 13.1 Å². The van der Waals surface area contributed by atoms with Crippen LogP contribution in [0.25, 0.3) is 33.4 Å². The second kappa shape index (κ2) is 20.0. The van der Waals surface area contributed by atoms with Crippen molar-refractivity contribution in [1.82, 2.24) is 40.1 Å². The van der Waals surface area contributed by atoms with Crippen molar-refractivity contribution in [2.45, 2.75) is 128 Å². The van der Waals surface area contributed by atoms with E-state index in [0.717, 1.165) is 89.7 Å². The van der Waals surface area contributed by atoms with Crippen LogP contribution in [0.5, 0.6) is 0 Å². The third-order valence-electron chi connectivity index (χ3n) is 18.2. The van der Waals surface area contributed by atoms with Crippen molar-refractivity contribution < 1.29 is 47.2 Å². The molecule has 10 aliphatic rings. The second-order valence-electron chi connectivity index (χ2n) is 24.4. The summed E-state index contributed by atoms with van der Waals surface area (Å²) in [6, 6.07) is 6.69. The van der Waals surface area contributed by atoms with Crippen LogP contribution in [0.1, 0.15) is 95.5 Å². The standard InChI is InChI=1S/C57H75N9O10/c1-33-26-74-51(33)52(67)60-48-50(64-28-57(29-64)31-72-32-57)53-59-44(27-75-53)35-6-9-45-41(22-35)43(24-56(3,4)30-76-55(69)47-36-20-38(21-36)66(61-47)54(48)68)49(65(45)16-19-73-40-10-17-71-18-11-40)42-23-39(25-58-46(42)34(2)70-5)63-14-12-62(13-15-63)37-7-8-37/h6,9,22-23,25,27,33-34,36-38,40,47-48,50-51,61H,7-8,10-21,24,26,28-32H2,1-5H3,(H,60,67)/t33-,34-,36?,38?,47-,48-,50-,51+/m0/s1. The van der Waals surface area contributed by atoms with E-state index in [2.05, 4.69) is 75.0 Å². The highest BCUT2D eigenvalue weighted by Gasteiger charge is 2.57. The molecule has 1 aromatic carbocycles. The van der Waals surface area contributed by atoms with Gasteiger partial charge in [-0.1, -0.05) is 26.8 Å². The highest BCUT2D eigenvalue weighted by Crippen LogP contribution is 2.47. The summed E-state index contributed by atoms with van der Waals surface area (Å²) >= 11 is 0. The summed E-state index contributed by atoms with van der Waals surface area (Å²) < 4.78 is 45.3. The highest BCUT2D eigenvalue weighted by molar-refractivity contribution is 5.96. The van der Waals surface area contributed by atoms with Crippen LogP contribution in [0.4, 0.5) is 5.69 Å². The van der Waals surface area contributed by atoms with Gasteiger partial charge in [-0.3, -0.25) is 34.2 Å². The smallest absolute Gasteiger partial charge is 0.325 e. The molecular formula is C57H75N9O10. The summed E-state index contributed by atoms with van der Waals surface area (Å²) in [5.74, 6) is -0.828. The Morgan fingerprint density at radius 2 is 1.76 bits per heavy atom. The van der Waals surface area contributed by atoms with E-state index in [1.54, 1.807) is 18.4 Å². The van der Waals surface area contributed by atoms with Gasteiger partial charge in [-0.25, -0.2) is 10.4 Å². The van der Waals surface area contributed by atoms with E-state index in [-0.39, 0.29) is 53.9 Å². The van der Waals surface area contributed by atoms with Gasteiger partial charge in [0.25, 0.3) is 5.91 Å². The molecule has 19 nitrogen and oxygen atoms in total. The van der Waals surface area contributed by atoms with Crippen molar-refractivity contribution in [3.05, 3.63) is 53.9 Å². The number of piperazine rings is 1. The quantitative estimate of drug-likeness (QED) is 0.179. The molecule has 7 saturated heterocycles. The number of aromatic nitrogens is 3. The number of likely N-dealkylation sites (tertiary alicyclic amines) is 1. The summed E-state index contributed by atoms with van der Waals surface area (Å²) in [6.07, 6.45) is 8.90. The highest BCUT2D eigenvalue weighted by atomic mass is 16.5. The molecule has 6 atom stereocenters. The summed E-state index contributed by atoms with van der Waals surface area (Å²) in [7, 11) is 1.74. The number of amides is 2. The molecule has 8 bridgehead atoms. The molecule has 0 radical (unpaired) electrons. The maximum atomic E-state index is 15.4. The topological polar surface area (TPSA) is 187 Å². The summed E-state index contributed by atoms with van der Waals surface area (Å²) in [5, 5.41) is 5.76. The molecule has 11 heterocycles. The molecule has 4 aromatic rings. The number of esters is 1. The average Bonchev–Trinajstić information content (AvgIpc) is 4.09. The van der Waals surface area contributed by atoms with E-state index >= 15 is 4.79 Å². The van der Waals surface area contributed by atoms with Gasteiger partial charge in [0.15, 0.2) is 0 Å². The van der Waals surface area contributed by atoms with Gasteiger partial charge < -0.3 is 47.6 Å². The number of cyclic esters (lactones) is 1. The van der Waals surface area contributed by atoms with Crippen LogP contribution in [-0.4, -0.2) is 176 Å². The molecule has 9 fully saturated rings. The number of rotatable bonds is 12. The molecule has 3 aromatic heterocycles. The lowest BCUT2D eigenvalue weighted by molar-refractivity contribution is -0.206. The number of carbonyl (C=O) groups is 3. The Morgan fingerprint density at radius 1 is 0.974 bits per heavy atom. The van der Waals surface area contributed by atoms with Crippen LogP contribution in [0.15, 0.2) is 41.1 Å². The van der Waals surface area contributed by atoms with Crippen LogP contribution >= 0.6 is 0 Å². The number of oxazole rings is 1. The zero-order chi connectivity index (χ0) is 52.0. The van der Waals surface area contributed by atoms with E-state index in [0.29, 0.717) is 90.1 Å². The van der Waals surface area contributed by atoms with Crippen molar-refractivity contribution in [3.63, 3.8) is 0 Å². The second-order valence-corrected chi connectivity index (χ2v) is 24.4. The molecule has 14 rings (SSSR count). The zero-order valence-corrected chi connectivity index (χ0v) is 44.8. The first kappa shape index (κ1) is 50.5. The fourth-order valence-corrected chi connectivity index (χ4v) is 13.4. The number of nitrogens with zero attached hydrogens (tertiary/aromatic N) is 7. The van der Waals surface area contributed by atoms with Gasteiger partial charge in [0.1, 0.15) is 36.2 Å². The average molecular weight is 1050 g/mol. The van der Waals surface area contributed by atoms with Crippen molar-refractivity contribution in [2.75, 3.05) is 97.5 Å². The third kappa shape index (κ3) is 9.33. The lowest BCUT2D eigenvalue weighted by atomic mass is 9.72. The predicted molar refractivity (Wildman–Crippen MR) is 280 cm³/mol. The van der Waals surface area contributed by atoms with E-state index in [1.165, 1.54) is 12.8 Å². The fraction of sp³-hybridized carbons (Fsp3) is 0.667. The predicted octanol–water partition coefficient (Wildman–Crippen LogP) is 5.06. The molecule has 2 saturated carbocycles. The molecule has 2 amide bonds. The summed E-state index contributed by atoms with van der Waals surface area (Å²) in [4.78, 5) is 61.9. The Labute approximate surface area is 444 Å². The molecule has 2 N–H and O–H groups in total. The van der Waals surface area contributed by atoms with E-state index in [4.69, 9.17) is 42.8 Å². The minimum Gasteiger partial charge on any atom is -0.464 e. The molecule has 19 heteroatoms. The normalized spacial score (nSPS) is 30.2. The number of fused-ring (bicyclic) bond motifs is 4. The number of carbonyl (C=O) groups excluding carboxylic acids is 3. The number of ether oxygens (including phenoxy) is 6. The van der Waals surface area contributed by atoms with Crippen LogP contribution in [0.2, 0.25) is 0 Å². The van der Waals surface area contributed by atoms with Gasteiger partial charge in [-0.05, 0) is 81.5 Å². The number of nitrogens with one attached hydrogen (secondary N) is 2. The Kier molecular flexibility index (Phi) is 13.3. The lowest BCUT2D eigenvalue weighted by Gasteiger charge is -2.58. The minimum absolute atomic E-state index is 0.00418. The number of pyridine rings is 1. The third-order valence-corrected chi connectivity index (χ3v) is 18.2. The Bertz CT molecular complexity index is 2830. The van der Waals surface area contributed by atoms with Gasteiger partial charge in [-0.15, -0.1) is 0 Å². The largest absolute Gasteiger partial charge is 0.464 e. The minimum atomic E-state index is -1.13. The number of anilines is 1. The molecule has 0 unspecified atom stereocenters. The Balaban J connectivity index is 0.956. The van der Waals surface area contributed by atoms with Gasteiger partial charge in [0, 0.05) is 117 Å². The molecule has 76 heavy (non-hydrogen) atoms. The molecule has 8 aliphatic heterocycles. The van der Waals surface area contributed by atoms with Crippen LogP contribution in [0.3, 0.4) is 0 Å². The number of benzene rings is 1. The Hall–Kier alpha value is -4.99. The van der Waals surface area contributed by atoms with Gasteiger partial charge in [0.2, 0.25) is 11.8 Å². The van der Waals surface area contributed by atoms with Crippen molar-refractivity contribution in [2.24, 2.45) is 22.7 Å². The van der Waals surface area contributed by atoms with Gasteiger partial charge in [-0.2, -0.15) is 0 Å². The van der Waals surface area contributed by atoms with Crippen molar-refractivity contribution in [1.29, 1.82) is 0 Å². The molecular weight excluding hydrogens is 971 g/mol. The first-order valence-corrected chi connectivity index (χ1v) is 28.1. The Morgan fingerprint density at radius 3 is 2.46 bits per heavy atom. The fourth-order valence-electron chi connectivity index (χ4n) is 13.4. The SMILES string of the molecule is CO[C@@H](C)c1ncc(N2CCN(C3CC3)CC2)cc1-c1c2c3cc(ccc3n1CCOC1CCOCC1)-c1coc(n1)[C@@H](N1CC3(COC3)C1)[C@H](NC(=O)[C@@H]1OC[C@@H]1C)C(=O)N1N[C@H](C(=O)OCC(C)(C)C2)C2CC1C2. The van der Waals surface area contributed by atoms with Gasteiger partial charge >= 0.3 is 5.97 Å². The molecule has 1 spiro atoms. The van der Waals surface area contributed by atoms with E-state index < -0.39 is 35.6 Å². The monoisotopic (exact) mass is 1050 g/mol. The summed E-state index contributed by atoms with van der Waals surface area (Å²) in [5.41, 5.74) is 10.2. The van der Waals surface area contributed by atoms with Crippen LogP contribution < -0.4 is 15.6 Å². The molecule has 2 aliphatic carbocycles. The summed E-state index contributed by atoms with van der Waals surface area (Å²) in [6.45, 7) is 17.8. The first-order valence-electron chi connectivity index (χ1n) is 28.1. The van der Waals surface area contributed by atoms with Crippen molar-refractivity contribution in [3.8, 4) is 22.5 Å². The first-order chi connectivity index (χ1) is 36.8. The maximum Gasteiger partial charge on any atom is 0.325 e. The van der Waals surface area contributed by atoms with E-state index in [9.17, 15) is 9.59 Å². The number of hydrogen-bond acceptors (Lipinski definition) is 16.